The molecule has 184 valence electrons. The quantitative estimate of drug-likeness (QED) is 0.377. The van der Waals surface area contributed by atoms with Crippen LogP contribution in [0.5, 0.6) is 0 Å². The zero-order valence-electron chi connectivity index (χ0n) is 20.9. The third kappa shape index (κ3) is 6.93. The van der Waals surface area contributed by atoms with Crippen LogP contribution in [0.2, 0.25) is 0 Å². The summed E-state index contributed by atoms with van der Waals surface area (Å²) >= 11 is 0. The Hall–Kier alpha value is -1.14. The number of aliphatic hydroxyl groups excluding tert-OH is 1. The number of carbonyl (C=O) groups excluding carboxylic acids is 2. The van der Waals surface area contributed by atoms with E-state index in [2.05, 4.69) is 22.5 Å². The summed E-state index contributed by atoms with van der Waals surface area (Å²) in [4.78, 5) is 27.2. The van der Waals surface area contributed by atoms with E-state index in [-0.39, 0.29) is 11.8 Å². The second kappa shape index (κ2) is 11.3. The maximum Gasteiger partial charge on any atom is 0.249 e. The Kier molecular flexibility index (Phi) is 9.02. The molecule has 1 saturated heterocycles. The number of nitrogens with one attached hydrogen (secondary N) is 2. The standard InChI is InChI=1S/C26H47N3O3/c1-5-7-8-9-18-16-20(18)21-17-22(21)24(31)28-19-10-13-29(14-11-19)15-12-27-25(32)23(30)26(3,4)6-2/h18-23,30H,5-17H2,1-4H3,(H,27,32)(H,28,31). The van der Waals surface area contributed by atoms with E-state index in [1.54, 1.807) is 0 Å². The van der Waals surface area contributed by atoms with Crippen LogP contribution in [0.1, 0.15) is 85.5 Å². The summed E-state index contributed by atoms with van der Waals surface area (Å²) in [5, 5.41) is 16.4. The van der Waals surface area contributed by atoms with Crippen LogP contribution in [0, 0.1) is 29.1 Å². The molecular formula is C26H47N3O3. The molecule has 3 rings (SSSR count). The molecule has 6 heteroatoms. The number of aliphatic hydroxyl groups is 1. The van der Waals surface area contributed by atoms with Gasteiger partial charge in [-0.15, -0.1) is 0 Å². The summed E-state index contributed by atoms with van der Waals surface area (Å²) in [5.41, 5.74) is -0.406. The molecule has 1 heterocycles. The van der Waals surface area contributed by atoms with Crippen LogP contribution >= 0.6 is 0 Å². The van der Waals surface area contributed by atoms with Crippen molar-refractivity contribution in [3.8, 4) is 0 Å². The molecule has 5 unspecified atom stereocenters. The first kappa shape index (κ1) is 25.5. The summed E-state index contributed by atoms with van der Waals surface area (Å²) < 4.78 is 0. The van der Waals surface area contributed by atoms with Gasteiger partial charge >= 0.3 is 0 Å². The zero-order valence-corrected chi connectivity index (χ0v) is 20.9. The maximum atomic E-state index is 12.7. The van der Waals surface area contributed by atoms with E-state index in [1.807, 2.05) is 20.8 Å². The third-order valence-electron chi connectivity index (χ3n) is 8.44. The molecule has 3 aliphatic rings. The smallest absolute Gasteiger partial charge is 0.249 e. The van der Waals surface area contributed by atoms with Gasteiger partial charge < -0.3 is 20.6 Å². The number of hydrogen-bond acceptors (Lipinski definition) is 4. The molecule has 0 aromatic heterocycles. The van der Waals surface area contributed by atoms with Crippen molar-refractivity contribution in [1.82, 2.24) is 15.5 Å². The van der Waals surface area contributed by atoms with Gasteiger partial charge in [-0.2, -0.15) is 0 Å². The Morgan fingerprint density at radius 2 is 1.81 bits per heavy atom. The van der Waals surface area contributed by atoms with Crippen molar-refractivity contribution < 1.29 is 14.7 Å². The normalized spacial score (nSPS) is 29.4. The Morgan fingerprint density at radius 1 is 1.09 bits per heavy atom. The largest absolute Gasteiger partial charge is 0.383 e. The fourth-order valence-corrected chi connectivity index (χ4v) is 5.36. The number of amides is 2. The van der Waals surface area contributed by atoms with Gasteiger partial charge in [-0.25, -0.2) is 0 Å². The van der Waals surface area contributed by atoms with Crippen LogP contribution in [-0.4, -0.2) is 60.1 Å². The molecule has 2 amide bonds. The summed E-state index contributed by atoms with van der Waals surface area (Å²) in [6.45, 7) is 11.3. The lowest BCUT2D eigenvalue weighted by Crippen LogP contribution is -2.48. The summed E-state index contributed by atoms with van der Waals surface area (Å²) in [6.07, 6.45) is 9.59. The fourth-order valence-electron chi connectivity index (χ4n) is 5.36. The maximum absolute atomic E-state index is 12.7. The molecule has 6 nitrogen and oxygen atoms in total. The van der Waals surface area contributed by atoms with Gasteiger partial charge in [0.15, 0.2) is 0 Å². The molecule has 5 atom stereocenters. The molecule has 1 aliphatic heterocycles. The van der Waals surface area contributed by atoms with E-state index < -0.39 is 11.5 Å². The number of unbranched alkanes of at least 4 members (excludes halogenated alkanes) is 2. The summed E-state index contributed by atoms with van der Waals surface area (Å²) in [5.74, 6) is 2.71. The van der Waals surface area contributed by atoms with Gasteiger partial charge in [-0.05, 0) is 55.3 Å². The minimum atomic E-state index is -0.970. The molecule has 0 radical (unpaired) electrons. The van der Waals surface area contributed by atoms with Crippen molar-refractivity contribution in [2.45, 2.75) is 97.6 Å². The third-order valence-corrected chi connectivity index (χ3v) is 8.44. The van der Waals surface area contributed by atoms with Gasteiger partial charge in [0.1, 0.15) is 6.10 Å². The average Bonchev–Trinajstić information content (AvgIpc) is 3.68. The van der Waals surface area contributed by atoms with Gasteiger partial charge in [0.25, 0.3) is 0 Å². The highest BCUT2D eigenvalue weighted by Gasteiger charge is 2.55. The Bertz CT molecular complexity index is 630. The molecule has 0 bridgehead atoms. The van der Waals surface area contributed by atoms with Crippen molar-refractivity contribution in [2.75, 3.05) is 26.2 Å². The highest BCUT2D eigenvalue weighted by molar-refractivity contribution is 5.82. The molecule has 0 aromatic rings. The van der Waals surface area contributed by atoms with E-state index in [0.29, 0.717) is 24.4 Å². The molecule has 32 heavy (non-hydrogen) atoms. The van der Waals surface area contributed by atoms with Gasteiger partial charge in [0.05, 0.1) is 0 Å². The second-order valence-electron chi connectivity index (χ2n) is 11.3. The second-order valence-corrected chi connectivity index (χ2v) is 11.3. The molecule has 2 saturated carbocycles. The number of rotatable bonds is 13. The van der Waals surface area contributed by atoms with Crippen LogP contribution in [-0.2, 0) is 9.59 Å². The lowest BCUT2D eigenvalue weighted by Gasteiger charge is -2.33. The van der Waals surface area contributed by atoms with Crippen molar-refractivity contribution in [3.63, 3.8) is 0 Å². The van der Waals surface area contributed by atoms with Crippen molar-refractivity contribution in [1.29, 1.82) is 0 Å². The number of likely N-dealkylation sites (tertiary alicyclic amines) is 1. The predicted molar refractivity (Wildman–Crippen MR) is 128 cm³/mol. The van der Waals surface area contributed by atoms with Crippen molar-refractivity contribution in [3.05, 3.63) is 0 Å². The molecule has 3 fully saturated rings. The SMILES string of the molecule is CCCCCC1CC1C1CC1C(=O)NC1CCN(CCNC(=O)C(O)C(C)(C)CC)CC1. The minimum Gasteiger partial charge on any atom is -0.383 e. The van der Waals surface area contributed by atoms with E-state index >= 15 is 0 Å². The predicted octanol–water partition coefficient (Wildman–Crippen LogP) is 3.33. The number of hydrogen-bond donors (Lipinski definition) is 3. The molecule has 0 aromatic carbocycles. The fraction of sp³-hybridized carbons (Fsp3) is 0.923. The van der Waals surface area contributed by atoms with Crippen molar-refractivity contribution >= 4 is 11.8 Å². The van der Waals surface area contributed by atoms with Crippen LogP contribution in [0.15, 0.2) is 0 Å². The van der Waals surface area contributed by atoms with E-state index in [1.165, 1.54) is 32.1 Å². The van der Waals surface area contributed by atoms with Crippen LogP contribution in [0.3, 0.4) is 0 Å². The van der Waals surface area contributed by atoms with E-state index in [0.717, 1.165) is 57.2 Å². The number of carbonyl (C=O) groups is 2. The van der Waals surface area contributed by atoms with E-state index in [9.17, 15) is 14.7 Å². The first-order valence-corrected chi connectivity index (χ1v) is 13.2. The number of piperidine rings is 1. The zero-order chi connectivity index (χ0) is 23.3. The molecule has 0 spiro atoms. The number of nitrogens with zero attached hydrogens (tertiary/aromatic N) is 1. The highest BCUT2D eigenvalue weighted by Crippen LogP contribution is 2.59. The van der Waals surface area contributed by atoms with Gasteiger partial charge in [-0.3, -0.25) is 9.59 Å². The van der Waals surface area contributed by atoms with Crippen LogP contribution < -0.4 is 10.6 Å². The van der Waals surface area contributed by atoms with Gasteiger partial charge in [-0.1, -0.05) is 53.4 Å². The first-order chi connectivity index (χ1) is 15.3. The highest BCUT2D eigenvalue weighted by atomic mass is 16.3. The topological polar surface area (TPSA) is 81.7 Å². The Labute approximate surface area is 195 Å². The van der Waals surface area contributed by atoms with E-state index in [4.69, 9.17) is 0 Å². The minimum absolute atomic E-state index is 0.277. The van der Waals surface area contributed by atoms with Gasteiger partial charge in [0, 0.05) is 38.1 Å². The molecule has 3 N–H and O–H groups in total. The summed E-state index contributed by atoms with van der Waals surface area (Å²) in [6, 6.07) is 0.293. The lowest BCUT2D eigenvalue weighted by atomic mass is 9.83. The van der Waals surface area contributed by atoms with Crippen LogP contribution in [0.4, 0.5) is 0 Å². The van der Waals surface area contributed by atoms with Crippen LogP contribution in [0.25, 0.3) is 0 Å². The summed E-state index contributed by atoms with van der Waals surface area (Å²) in [7, 11) is 0. The monoisotopic (exact) mass is 449 g/mol. The molecular weight excluding hydrogens is 402 g/mol. The Morgan fingerprint density at radius 3 is 2.47 bits per heavy atom. The molecule has 2 aliphatic carbocycles. The van der Waals surface area contributed by atoms with Gasteiger partial charge in [0.2, 0.25) is 11.8 Å². The van der Waals surface area contributed by atoms with Crippen molar-refractivity contribution in [2.24, 2.45) is 29.1 Å². The first-order valence-electron chi connectivity index (χ1n) is 13.2. The lowest BCUT2D eigenvalue weighted by molar-refractivity contribution is -0.135. The Balaban J connectivity index is 1.26. The average molecular weight is 450 g/mol.